The molecule has 2 aromatic carbocycles. The van der Waals surface area contributed by atoms with Crippen LogP contribution in [0.2, 0.25) is 0 Å². The Labute approximate surface area is 133 Å². The zero-order valence-electron chi connectivity index (χ0n) is 14.3. The minimum absolute atomic E-state index is 0.871. The minimum Gasteiger partial charge on any atom is -0.457 e. The van der Waals surface area contributed by atoms with Crippen molar-refractivity contribution < 1.29 is 4.74 Å². The average Bonchev–Trinajstić information content (AvgIpc) is 2.45. The van der Waals surface area contributed by atoms with Gasteiger partial charge in [0.25, 0.3) is 0 Å². The van der Waals surface area contributed by atoms with Crippen molar-refractivity contribution in [1.29, 1.82) is 0 Å². The lowest BCUT2D eigenvalue weighted by atomic mass is 10.1. The standard InChI is InChI=1S/C19H24N2O/c1-13-7-8-17(9-14(13)2)22-19-11-15(3)18(10-16(19)4)20-12-21(5)6/h7-12H,1-6H3. The van der Waals surface area contributed by atoms with Gasteiger partial charge in [-0.3, -0.25) is 0 Å². The van der Waals surface area contributed by atoms with Crippen LogP contribution < -0.4 is 4.74 Å². The first-order chi connectivity index (χ1) is 10.4. The summed E-state index contributed by atoms with van der Waals surface area (Å²) in [6, 6.07) is 10.3. The largest absolute Gasteiger partial charge is 0.457 e. The summed E-state index contributed by atoms with van der Waals surface area (Å²) < 4.78 is 6.04. The third-order valence-electron chi connectivity index (χ3n) is 3.63. The molecule has 0 fully saturated rings. The lowest BCUT2D eigenvalue weighted by molar-refractivity contribution is 0.478. The van der Waals surface area contributed by atoms with Crippen molar-refractivity contribution in [3.8, 4) is 11.5 Å². The van der Waals surface area contributed by atoms with E-state index in [-0.39, 0.29) is 0 Å². The summed E-state index contributed by atoms with van der Waals surface area (Å²) >= 11 is 0. The fraction of sp³-hybridized carbons (Fsp3) is 0.316. The maximum atomic E-state index is 6.04. The quantitative estimate of drug-likeness (QED) is 0.590. The molecular weight excluding hydrogens is 272 g/mol. The lowest BCUT2D eigenvalue weighted by Gasteiger charge is -2.13. The van der Waals surface area contributed by atoms with Gasteiger partial charge in [-0.1, -0.05) is 6.07 Å². The van der Waals surface area contributed by atoms with Crippen LogP contribution in [0.5, 0.6) is 11.5 Å². The fourth-order valence-electron chi connectivity index (χ4n) is 2.11. The van der Waals surface area contributed by atoms with Gasteiger partial charge in [-0.2, -0.15) is 0 Å². The summed E-state index contributed by atoms with van der Waals surface area (Å²) in [4.78, 5) is 6.41. The molecule has 0 saturated carbocycles. The Bertz CT molecular complexity index is 703. The molecule has 0 heterocycles. The second-order valence-electron chi connectivity index (χ2n) is 5.96. The summed E-state index contributed by atoms with van der Waals surface area (Å²) in [7, 11) is 3.92. The molecule has 0 spiro atoms. The van der Waals surface area contributed by atoms with Gasteiger partial charge in [0.2, 0.25) is 0 Å². The van der Waals surface area contributed by atoms with Crippen LogP contribution in [0, 0.1) is 27.7 Å². The van der Waals surface area contributed by atoms with E-state index in [9.17, 15) is 0 Å². The Balaban J connectivity index is 2.28. The predicted octanol–water partition coefficient (Wildman–Crippen LogP) is 4.93. The monoisotopic (exact) mass is 296 g/mol. The highest BCUT2D eigenvalue weighted by molar-refractivity contribution is 5.64. The molecule has 0 aliphatic carbocycles. The van der Waals surface area contributed by atoms with E-state index in [1.807, 2.05) is 44.4 Å². The van der Waals surface area contributed by atoms with Crippen molar-refractivity contribution in [1.82, 2.24) is 4.90 Å². The first kappa shape index (κ1) is 16.1. The van der Waals surface area contributed by atoms with E-state index >= 15 is 0 Å². The Hall–Kier alpha value is -2.29. The summed E-state index contributed by atoms with van der Waals surface area (Å²) in [6.07, 6.45) is 1.81. The molecular formula is C19H24N2O. The molecule has 0 amide bonds. The molecule has 0 N–H and O–H groups in total. The SMILES string of the molecule is Cc1ccc(Oc2cc(C)c(N=CN(C)C)cc2C)cc1C. The molecule has 0 aromatic heterocycles. The molecule has 22 heavy (non-hydrogen) atoms. The molecule has 0 aliphatic rings. The first-order valence-electron chi connectivity index (χ1n) is 7.44. The van der Waals surface area contributed by atoms with Crippen LogP contribution >= 0.6 is 0 Å². The summed E-state index contributed by atoms with van der Waals surface area (Å²) in [5, 5.41) is 0. The van der Waals surface area contributed by atoms with Gasteiger partial charge in [0, 0.05) is 14.1 Å². The fourth-order valence-corrected chi connectivity index (χ4v) is 2.11. The van der Waals surface area contributed by atoms with Gasteiger partial charge < -0.3 is 9.64 Å². The second-order valence-corrected chi connectivity index (χ2v) is 5.96. The number of aliphatic imine (C=N–C) groups is 1. The number of benzene rings is 2. The van der Waals surface area contributed by atoms with E-state index in [2.05, 4.69) is 44.0 Å². The molecule has 0 bridgehead atoms. The minimum atomic E-state index is 0.871. The Morgan fingerprint density at radius 1 is 0.864 bits per heavy atom. The number of hydrogen-bond donors (Lipinski definition) is 0. The highest BCUT2D eigenvalue weighted by Crippen LogP contribution is 2.32. The summed E-state index contributed by atoms with van der Waals surface area (Å²) in [5.41, 5.74) is 5.66. The van der Waals surface area contributed by atoms with E-state index in [0.717, 1.165) is 28.3 Å². The molecule has 0 unspecified atom stereocenters. The van der Waals surface area contributed by atoms with Crippen molar-refractivity contribution in [3.05, 3.63) is 52.6 Å². The predicted molar refractivity (Wildman–Crippen MR) is 93.7 cm³/mol. The van der Waals surface area contributed by atoms with Gasteiger partial charge in [0.1, 0.15) is 11.5 Å². The molecule has 0 atom stereocenters. The van der Waals surface area contributed by atoms with Crippen LogP contribution in [0.25, 0.3) is 0 Å². The van der Waals surface area contributed by atoms with E-state index in [1.165, 1.54) is 11.1 Å². The summed E-state index contributed by atoms with van der Waals surface area (Å²) in [6.45, 7) is 8.30. The highest BCUT2D eigenvalue weighted by Gasteiger charge is 2.07. The third-order valence-corrected chi connectivity index (χ3v) is 3.63. The summed E-state index contributed by atoms with van der Waals surface area (Å²) in [5.74, 6) is 1.75. The van der Waals surface area contributed by atoms with Crippen molar-refractivity contribution in [3.63, 3.8) is 0 Å². The van der Waals surface area contributed by atoms with Crippen LogP contribution in [0.15, 0.2) is 35.3 Å². The molecule has 3 nitrogen and oxygen atoms in total. The van der Waals surface area contributed by atoms with Crippen LogP contribution in [0.3, 0.4) is 0 Å². The Morgan fingerprint density at radius 2 is 1.59 bits per heavy atom. The van der Waals surface area contributed by atoms with Crippen LogP contribution in [0.4, 0.5) is 5.69 Å². The number of aryl methyl sites for hydroxylation is 4. The van der Waals surface area contributed by atoms with Gasteiger partial charge in [-0.25, -0.2) is 4.99 Å². The molecule has 2 rings (SSSR count). The second kappa shape index (κ2) is 6.65. The Morgan fingerprint density at radius 3 is 2.23 bits per heavy atom. The van der Waals surface area contributed by atoms with Gasteiger partial charge in [0.15, 0.2) is 0 Å². The van der Waals surface area contributed by atoms with Gasteiger partial charge in [-0.05, 0) is 74.2 Å². The normalized spacial score (nSPS) is 11.0. The topological polar surface area (TPSA) is 24.8 Å². The smallest absolute Gasteiger partial charge is 0.130 e. The maximum Gasteiger partial charge on any atom is 0.130 e. The molecule has 0 aliphatic heterocycles. The molecule has 3 heteroatoms. The van der Waals surface area contributed by atoms with Crippen molar-refractivity contribution in [2.45, 2.75) is 27.7 Å². The first-order valence-corrected chi connectivity index (χ1v) is 7.44. The van der Waals surface area contributed by atoms with Crippen molar-refractivity contribution >= 4 is 12.0 Å². The lowest BCUT2D eigenvalue weighted by Crippen LogP contribution is -2.07. The van der Waals surface area contributed by atoms with Gasteiger partial charge in [0.05, 0.1) is 12.0 Å². The number of hydrogen-bond acceptors (Lipinski definition) is 2. The molecule has 2 aromatic rings. The number of nitrogens with zero attached hydrogens (tertiary/aromatic N) is 2. The molecule has 0 saturated heterocycles. The van der Waals surface area contributed by atoms with Crippen molar-refractivity contribution in [2.75, 3.05) is 14.1 Å². The Kier molecular flexibility index (Phi) is 4.86. The van der Waals surface area contributed by atoms with Crippen LogP contribution in [-0.4, -0.2) is 25.3 Å². The zero-order chi connectivity index (χ0) is 16.3. The van der Waals surface area contributed by atoms with Crippen LogP contribution in [0.1, 0.15) is 22.3 Å². The molecule has 0 radical (unpaired) electrons. The number of ether oxygens (including phenoxy) is 1. The van der Waals surface area contributed by atoms with Gasteiger partial charge >= 0.3 is 0 Å². The van der Waals surface area contributed by atoms with E-state index < -0.39 is 0 Å². The third kappa shape index (κ3) is 3.88. The van der Waals surface area contributed by atoms with E-state index in [4.69, 9.17) is 4.74 Å². The van der Waals surface area contributed by atoms with Crippen LogP contribution in [-0.2, 0) is 0 Å². The van der Waals surface area contributed by atoms with Crippen molar-refractivity contribution in [2.24, 2.45) is 4.99 Å². The van der Waals surface area contributed by atoms with Gasteiger partial charge in [-0.15, -0.1) is 0 Å². The average molecular weight is 296 g/mol. The molecule has 116 valence electrons. The van der Waals surface area contributed by atoms with E-state index in [1.54, 1.807) is 0 Å². The zero-order valence-corrected chi connectivity index (χ0v) is 14.3. The highest BCUT2D eigenvalue weighted by atomic mass is 16.5. The van der Waals surface area contributed by atoms with E-state index in [0.29, 0.717) is 0 Å². The maximum absolute atomic E-state index is 6.04. The number of rotatable bonds is 4.